The molecular formula is C22H28ClN3O3S2. The van der Waals surface area contributed by atoms with Crippen molar-refractivity contribution in [1.29, 1.82) is 0 Å². The van der Waals surface area contributed by atoms with Crippen molar-refractivity contribution in [3.8, 4) is 0 Å². The monoisotopic (exact) mass is 481 g/mol. The molecule has 3 aromatic rings. The van der Waals surface area contributed by atoms with Gasteiger partial charge in [-0.15, -0.1) is 12.4 Å². The van der Waals surface area contributed by atoms with Crippen LogP contribution in [0, 0.1) is 6.92 Å². The molecule has 0 aliphatic carbocycles. The van der Waals surface area contributed by atoms with E-state index >= 15 is 0 Å². The Balaban J connectivity index is 0.00000341. The smallest absolute Gasteiger partial charge is 0.244 e. The van der Waals surface area contributed by atoms with Crippen molar-refractivity contribution in [1.82, 2.24) is 9.88 Å². The Morgan fingerprint density at radius 2 is 1.71 bits per heavy atom. The molecule has 0 N–H and O–H groups in total. The second-order valence-electron chi connectivity index (χ2n) is 7.11. The minimum Gasteiger partial charge on any atom is -0.302 e. The molecule has 3 rings (SSSR count). The molecule has 0 aliphatic heterocycles. The van der Waals surface area contributed by atoms with Gasteiger partial charge in [0.15, 0.2) is 15.0 Å². The van der Waals surface area contributed by atoms with E-state index in [2.05, 4.69) is 23.7 Å². The molecule has 31 heavy (non-hydrogen) atoms. The number of fused-ring (bicyclic) bond motifs is 1. The van der Waals surface area contributed by atoms with Crippen molar-refractivity contribution < 1.29 is 13.2 Å². The van der Waals surface area contributed by atoms with Gasteiger partial charge in [0, 0.05) is 13.1 Å². The van der Waals surface area contributed by atoms with Crippen LogP contribution in [-0.4, -0.2) is 56.1 Å². The first-order valence-corrected chi connectivity index (χ1v) is 12.5. The van der Waals surface area contributed by atoms with Crippen LogP contribution in [0.1, 0.15) is 19.4 Å². The van der Waals surface area contributed by atoms with Crippen LogP contribution in [0.4, 0.5) is 5.13 Å². The Morgan fingerprint density at radius 3 is 2.35 bits per heavy atom. The zero-order valence-corrected chi connectivity index (χ0v) is 20.4. The van der Waals surface area contributed by atoms with E-state index in [1.54, 1.807) is 18.2 Å². The first-order chi connectivity index (χ1) is 14.3. The first-order valence-electron chi connectivity index (χ1n) is 10.0. The Kier molecular flexibility index (Phi) is 9.00. The SMILES string of the molecule is CCN(CC)CCN(C(=O)CS(=O)(=O)c1ccccc1)c1nc2ccc(C)cc2s1.Cl. The molecule has 0 spiro atoms. The number of thiazole rings is 1. The maximum Gasteiger partial charge on any atom is 0.244 e. The van der Waals surface area contributed by atoms with Crippen molar-refractivity contribution in [2.24, 2.45) is 0 Å². The van der Waals surface area contributed by atoms with Crippen LogP contribution >= 0.6 is 23.7 Å². The zero-order valence-electron chi connectivity index (χ0n) is 17.9. The molecule has 0 atom stereocenters. The number of carbonyl (C=O) groups is 1. The lowest BCUT2D eigenvalue weighted by atomic mass is 10.2. The van der Waals surface area contributed by atoms with Crippen molar-refractivity contribution >= 4 is 54.8 Å². The summed E-state index contributed by atoms with van der Waals surface area (Å²) in [5.74, 6) is -1.04. The van der Waals surface area contributed by atoms with E-state index in [-0.39, 0.29) is 17.3 Å². The molecule has 9 heteroatoms. The maximum absolute atomic E-state index is 13.2. The molecule has 1 amide bonds. The summed E-state index contributed by atoms with van der Waals surface area (Å²) in [7, 11) is -3.73. The lowest BCUT2D eigenvalue weighted by Crippen LogP contribution is -2.41. The van der Waals surface area contributed by atoms with Gasteiger partial charge in [-0.05, 0) is 49.8 Å². The highest BCUT2D eigenvalue weighted by atomic mass is 35.5. The van der Waals surface area contributed by atoms with Crippen molar-refractivity contribution in [3.05, 3.63) is 54.1 Å². The van der Waals surface area contributed by atoms with Crippen molar-refractivity contribution in [2.75, 3.05) is 36.8 Å². The summed E-state index contributed by atoms with van der Waals surface area (Å²) < 4.78 is 26.5. The van der Waals surface area contributed by atoms with Crippen molar-refractivity contribution in [3.63, 3.8) is 0 Å². The van der Waals surface area contributed by atoms with Crippen LogP contribution in [-0.2, 0) is 14.6 Å². The van der Waals surface area contributed by atoms with Gasteiger partial charge in [-0.25, -0.2) is 13.4 Å². The van der Waals surface area contributed by atoms with E-state index < -0.39 is 21.5 Å². The highest BCUT2D eigenvalue weighted by Gasteiger charge is 2.26. The van der Waals surface area contributed by atoms with E-state index in [4.69, 9.17) is 0 Å². The summed E-state index contributed by atoms with van der Waals surface area (Å²) in [5, 5.41) is 0.538. The van der Waals surface area contributed by atoms with E-state index in [0.29, 0.717) is 18.2 Å². The maximum atomic E-state index is 13.2. The number of amides is 1. The van der Waals surface area contributed by atoms with E-state index in [1.165, 1.54) is 28.4 Å². The predicted octanol–water partition coefficient (Wildman–Crippen LogP) is 4.18. The minimum absolute atomic E-state index is 0. The number of rotatable bonds is 9. The fourth-order valence-corrected chi connectivity index (χ4v) is 5.52. The van der Waals surface area contributed by atoms with Gasteiger partial charge in [0.05, 0.1) is 15.1 Å². The number of sulfone groups is 1. The fraction of sp³-hybridized carbons (Fsp3) is 0.364. The summed E-state index contributed by atoms with van der Waals surface area (Å²) >= 11 is 1.42. The second-order valence-corrected chi connectivity index (χ2v) is 10.1. The van der Waals surface area contributed by atoms with E-state index in [0.717, 1.165) is 28.9 Å². The molecule has 0 bridgehead atoms. The van der Waals surface area contributed by atoms with Crippen molar-refractivity contribution in [2.45, 2.75) is 25.7 Å². The quantitative estimate of drug-likeness (QED) is 0.458. The summed E-state index contributed by atoms with van der Waals surface area (Å²) in [4.78, 5) is 21.7. The van der Waals surface area contributed by atoms with E-state index in [1.807, 2.05) is 25.1 Å². The van der Waals surface area contributed by atoms with Crippen LogP contribution in [0.5, 0.6) is 0 Å². The fourth-order valence-electron chi connectivity index (χ4n) is 3.20. The van der Waals surface area contributed by atoms with Crippen LogP contribution in [0.3, 0.4) is 0 Å². The van der Waals surface area contributed by atoms with E-state index in [9.17, 15) is 13.2 Å². The number of likely N-dealkylation sites (N-methyl/N-ethyl adjacent to an activating group) is 1. The lowest BCUT2D eigenvalue weighted by Gasteiger charge is -2.24. The average Bonchev–Trinajstić information content (AvgIpc) is 3.14. The number of anilines is 1. The van der Waals surface area contributed by atoms with Crippen LogP contribution in [0.25, 0.3) is 10.2 Å². The Labute approximate surface area is 194 Å². The molecule has 168 valence electrons. The number of hydrogen-bond acceptors (Lipinski definition) is 6. The lowest BCUT2D eigenvalue weighted by molar-refractivity contribution is -0.116. The number of benzene rings is 2. The number of aromatic nitrogens is 1. The molecule has 0 saturated heterocycles. The second kappa shape index (κ2) is 11.0. The van der Waals surface area contributed by atoms with Crippen LogP contribution < -0.4 is 4.90 Å². The Bertz CT molecular complexity index is 1110. The molecule has 0 fully saturated rings. The highest BCUT2D eigenvalue weighted by Crippen LogP contribution is 2.30. The molecule has 2 aromatic carbocycles. The number of carbonyl (C=O) groups excluding carboxylic acids is 1. The van der Waals surface area contributed by atoms with Gasteiger partial charge in [0.25, 0.3) is 0 Å². The standard InChI is InChI=1S/C22H27N3O3S2.ClH/c1-4-24(5-2)13-14-25(22-23-19-12-11-17(3)15-20(19)29-22)21(26)16-30(27,28)18-9-7-6-8-10-18;/h6-12,15H,4-5,13-14,16H2,1-3H3;1H. The third-order valence-electron chi connectivity index (χ3n) is 5.01. The molecule has 1 aromatic heterocycles. The molecule has 0 aliphatic rings. The molecule has 0 unspecified atom stereocenters. The van der Waals surface area contributed by atoms with Gasteiger partial charge in [-0.2, -0.15) is 0 Å². The predicted molar refractivity (Wildman–Crippen MR) is 130 cm³/mol. The van der Waals surface area contributed by atoms with Gasteiger partial charge in [0.1, 0.15) is 5.75 Å². The molecule has 0 radical (unpaired) electrons. The first kappa shape index (κ1) is 25.3. The summed E-state index contributed by atoms with van der Waals surface area (Å²) in [6, 6.07) is 14.0. The topological polar surface area (TPSA) is 70.6 Å². The van der Waals surface area contributed by atoms with Crippen LogP contribution in [0.15, 0.2) is 53.4 Å². The normalized spacial score (nSPS) is 11.5. The number of halogens is 1. The van der Waals surface area contributed by atoms with Gasteiger partial charge >= 0.3 is 0 Å². The average molecular weight is 482 g/mol. The summed E-state index contributed by atoms with van der Waals surface area (Å²) in [6.45, 7) is 8.91. The largest absolute Gasteiger partial charge is 0.302 e. The number of nitrogens with zero attached hydrogens (tertiary/aromatic N) is 3. The Hall–Kier alpha value is -2.00. The zero-order chi connectivity index (χ0) is 21.7. The minimum atomic E-state index is -3.73. The number of hydrogen-bond donors (Lipinski definition) is 0. The third kappa shape index (κ3) is 6.26. The molecule has 1 heterocycles. The molecule has 6 nitrogen and oxygen atoms in total. The summed E-state index contributed by atoms with van der Waals surface area (Å²) in [6.07, 6.45) is 0. The molecule has 0 saturated carbocycles. The highest BCUT2D eigenvalue weighted by molar-refractivity contribution is 7.92. The van der Waals surface area contributed by atoms with Gasteiger partial charge < -0.3 is 4.90 Å². The van der Waals surface area contributed by atoms with Gasteiger partial charge in [0.2, 0.25) is 5.91 Å². The van der Waals surface area contributed by atoms with Gasteiger partial charge in [-0.1, -0.05) is 49.4 Å². The van der Waals surface area contributed by atoms with Gasteiger partial charge in [-0.3, -0.25) is 9.69 Å². The molecular weight excluding hydrogens is 454 g/mol. The third-order valence-corrected chi connectivity index (χ3v) is 7.67. The Morgan fingerprint density at radius 1 is 1.03 bits per heavy atom. The van der Waals surface area contributed by atoms with Crippen LogP contribution in [0.2, 0.25) is 0 Å². The number of aryl methyl sites for hydroxylation is 1. The summed E-state index contributed by atoms with van der Waals surface area (Å²) in [5.41, 5.74) is 1.93.